The third kappa shape index (κ3) is 7.09. The Labute approximate surface area is 378 Å². The van der Waals surface area contributed by atoms with Crippen molar-refractivity contribution in [3.05, 3.63) is 88.5 Å². The summed E-state index contributed by atoms with van der Waals surface area (Å²) in [7, 11) is 0. The van der Waals surface area contributed by atoms with Crippen LogP contribution in [0.4, 0.5) is 0 Å². The SMILES string of the molecule is O=C(OC[C@H]1O[C]([GeH3])(C(=O)c2cc(O)c(O)c(O)c2)[C@@](O)(C(=O)c2cc(O)c(O)c(O)c2)[C@](O)(C(=O)c2cc(O)c(O)c(O)c2)[C@@]1(O)C(=O)c1cc(O)c(O)c(O)c1)c1cc(O)c(O)c(O)c1. The summed E-state index contributed by atoms with van der Waals surface area (Å²) >= 11 is -1.99. The molecule has 1 saturated heterocycles. The molecule has 0 bridgehead atoms. The number of aromatic hydroxyl groups is 15. The molecule has 1 unspecified atom stereocenters. The zero-order chi connectivity index (χ0) is 50.2. The van der Waals surface area contributed by atoms with Gasteiger partial charge in [-0.1, -0.05) is 0 Å². The molecule has 1 fully saturated rings. The molecule has 0 aromatic heterocycles. The van der Waals surface area contributed by atoms with E-state index < -0.39 is 194 Å². The molecule has 67 heavy (non-hydrogen) atoms. The first-order valence-corrected chi connectivity index (χ1v) is 20.5. The van der Waals surface area contributed by atoms with Crippen LogP contribution in [-0.4, -0.2) is 171 Å². The van der Waals surface area contributed by atoms with Crippen LogP contribution in [0.3, 0.4) is 0 Å². The molecule has 5 atom stereocenters. The number of phenolic OH excluding ortho intramolecular Hbond substituents is 15. The van der Waals surface area contributed by atoms with Gasteiger partial charge in [0.2, 0.25) is 0 Å². The monoisotopic (exact) mass is 1000 g/mol. The summed E-state index contributed by atoms with van der Waals surface area (Å²) in [6.07, 6.45) is -3.14. The Morgan fingerprint density at radius 1 is 0.418 bits per heavy atom. The summed E-state index contributed by atoms with van der Waals surface area (Å²) in [6, 6.07) is 3.09. The summed E-state index contributed by atoms with van der Waals surface area (Å²) in [6.45, 7) is -1.80. The zero-order valence-electron chi connectivity index (χ0n) is 33.5. The van der Waals surface area contributed by atoms with Crippen molar-refractivity contribution >= 4 is 45.6 Å². The minimum atomic E-state index is -4.97. The van der Waals surface area contributed by atoms with Gasteiger partial charge in [0.05, 0.1) is 0 Å². The van der Waals surface area contributed by atoms with Gasteiger partial charge in [-0.2, -0.15) is 0 Å². The molecular formula is C41H34GeO25. The van der Waals surface area contributed by atoms with E-state index in [0.717, 1.165) is 0 Å². The van der Waals surface area contributed by atoms with Gasteiger partial charge < -0.3 is 0 Å². The van der Waals surface area contributed by atoms with E-state index in [1.165, 1.54) is 0 Å². The molecule has 1 aliphatic heterocycles. The average molecular weight is 999 g/mol. The van der Waals surface area contributed by atoms with Crippen LogP contribution in [0.5, 0.6) is 86.2 Å². The molecule has 352 valence electrons. The maximum atomic E-state index is 15.3. The van der Waals surface area contributed by atoms with Crippen molar-refractivity contribution in [2.75, 3.05) is 6.61 Å². The summed E-state index contributed by atoms with van der Waals surface area (Å²) in [4.78, 5) is 74.2. The number of phenols is 15. The number of ketones is 4. The molecule has 1 aliphatic rings. The number of hydrogen-bond acceptors (Lipinski definition) is 25. The first-order chi connectivity index (χ1) is 31.0. The van der Waals surface area contributed by atoms with E-state index in [0.29, 0.717) is 24.3 Å². The molecule has 0 amide bonds. The Kier molecular flexibility index (Phi) is 11.7. The summed E-state index contributed by atoms with van der Waals surface area (Å²) < 4.78 is 7.33. The molecule has 5 aromatic carbocycles. The van der Waals surface area contributed by atoms with Crippen molar-refractivity contribution < 1.29 is 125 Å². The number of esters is 1. The van der Waals surface area contributed by atoms with Gasteiger partial charge in [-0.3, -0.25) is 0 Å². The number of aliphatic hydroxyl groups is 3. The van der Waals surface area contributed by atoms with E-state index in [4.69, 9.17) is 9.47 Å². The predicted octanol–water partition coefficient (Wildman–Crippen LogP) is -1.39. The van der Waals surface area contributed by atoms with Crippen LogP contribution in [0.15, 0.2) is 60.7 Å². The third-order valence-corrected chi connectivity index (χ3v) is 14.0. The summed E-state index contributed by atoms with van der Waals surface area (Å²) in [5, 5.41) is 194. The molecule has 0 aliphatic carbocycles. The van der Waals surface area contributed by atoms with Crippen LogP contribution in [0.2, 0.25) is 0 Å². The van der Waals surface area contributed by atoms with Crippen molar-refractivity contribution in [1.29, 1.82) is 0 Å². The Bertz CT molecular complexity index is 2870. The second-order valence-electron chi connectivity index (χ2n) is 15.1. The fourth-order valence-corrected chi connectivity index (χ4v) is 9.96. The molecule has 1 heterocycles. The predicted molar refractivity (Wildman–Crippen MR) is 217 cm³/mol. The van der Waals surface area contributed by atoms with Crippen LogP contribution < -0.4 is 0 Å². The van der Waals surface area contributed by atoms with Gasteiger partial charge in [-0.15, -0.1) is 0 Å². The molecule has 6 rings (SSSR count). The van der Waals surface area contributed by atoms with Gasteiger partial charge in [-0.05, 0) is 0 Å². The van der Waals surface area contributed by atoms with Gasteiger partial charge in [0.15, 0.2) is 0 Å². The fourth-order valence-electron chi connectivity index (χ4n) is 7.52. The van der Waals surface area contributed by atoms with E-state index in [-0.39, 0.29) is 36.4 Å². The normalized spacial score (nSPS) is 22.5. The number of carbonyl (C=O) groups excluding carboxylic acids is 5. The molecular weight excluding hydrogens is 965 g/mol. The van der Waals surface area contributed by atoms with Gasteiger partial charge in [-0.25, -0.2) is 0 Å². The zero-order valence-corrected chi connectivity index (χ0v) is 37.7. The second-order valence-corrected chi connectivity index (χ2v) is 18.0. The Morgan fingerprint density at radius 2 is 0.672 bits per heavy atom. The van der Waals surface area contributed by atoms with Crippen molar-refractivity contribution in [2.45, 2.75) is 27.3 Å². The average Bonchev–Trinajstić information content (AvgIpc) is 3.27. The standard InChI is InChI=1S/C41H34GeO25/c42-41(36(61)15-7-23(49)31(56)24(50)8-15)40(65,35(60)14-5-21(47)30(55)22(48)6-14)39(64,34(59)13-3-19(45)29(54)20(46)4-13)38(63,33(58)12-1-17(43)28(53)18(44)2-12)27(67-41)11-66-37(62)16-9-25(51)32(57)26(52)10-16/h1-10,27,43-57,63-65H,11H2,42H3/t27-,38+,39+,40-,41?/m1/s1. The van der Waals surface area contributed by atoms with E-state index in [1.807, 2.05) is 0 Å². The van der Waals surface area contributed by atoms with Crippen molar-refractivity contribution in [3.8, 4) is 86.2 Å². The third-order valence-electron chi connectivity index (χ3n) is 11.0. The van der Waals surface area contributed by atoms with E-state index in [9.17, 15) is 96.7 Å². The molecule has 26 heteroatoms. The maximum absolute atomic E-state index is 15.3. The first kappa shape index (κ1) is 48.1. The quantitative estimate of drug-likeness (QED) is 0.0313. The van der Waals surface area contributed by atoms with Gasteiger partial charge in [0.25, 0.3) is 0 Å². The van der Waals surface area contributed by atoms with Crippen LogP contribution >= 0.6 is 0 Å². The molecule has 25 nitrogen and oxygen atoms in total. The molecule has 0 spiro atoms. The summed E-state index contributed by atoms with van der Waals surface area (Å²) in [5.74, 6) is -30.4. The Hall–Kier alpha value is -8.37. The van der Waals surface area contributed by atoms with Crippen molar-refractivity contribution in [3.63, 3.8) is 0 Å². The molecule has 0 saturated carbocycles. The number of Topliss-reactive ketones (excluding diaryl/α,β-unsaturated/α-hetero) is 4. The topological polar surface area (TPSA) is 468 Å². The first-order valence-electron chi connectivity index (χ1n) is 18.4. The minimum absolute atomic E-state index is 0.201. The number of rotatable bonds is 11. The van der Waals surface area contributed by atoms with Gasteiger partial charge in [0, 0.05) is 0 Å². The summed E-state index contributed by atoms with van der Waals surface area (Å²) in [5.41, 5.74) is -20.3. The number of hydrogen-bond donors (Lipinski definition) is 18. The Balaban J connectivity index is 1.79. The number of carbonyl (C=O) groups is 5. The fraction of sp³-hybridized carbons (Fsp3) is 0.146. The number of benzene rings is 5. The van der Waals surface area contributed by atoms with E-state index in [2.05, 4.69) is 0 Å². The van der Waals surface area contributed by atoms with Crippen molar-refractivity contribution in [1.82, 2.24) is 0 Å². The Morgan fingerprint density at radius 3 is 0.985 bits per heavy atom. The molecule has 18 N–H and O–H groups in total. The second kappa shape index (κ2) is 16.3. The van der Waals surface area contributed by atoms with E-state index in [1.54, 1.807) is 0 Å². The number of ether oxygens (including phenoxy) is 2. The van der Waals surface area contributed by atoms with Gasteiger partial charge >= 0.3 is 380 Å². The van der Waals surface area contributed by atoms with Crippen LogP contribution in [0, 0.1) is 0 Å². The van der Waals surface area contributed by atoms with Crippen LogP contribution in [-0.2, 0) is 9.47 Å². The van der Waals surface area contributed by atoms with Crippen LogP contribution in [0.1, 0.15) is 51.8 Å². The van der Waals surface area contributed by atoms with Crippen molar-refractivity contribution in [2.24, 2.45) is 0 Å². The van der Waals surface area contributed by atoms with E-state index >= 15 is 19.2 Å². The molecule has 0 radical (unpaired) electrons. The van der Waals surface area contributed by atoms with Crippen LogP contribution in [0.25, 0.3) is 0 Å². The molecule has 5 aromatic rings. The van der Waals surface area contributed by atoms with Gasteiger partial charge in [0.1, 0.15) is 0 Å².